The summed E-state index contributed by atoms with van der Waals surface area (Å²) in [5.74, 6) is -0.560. The number of ketones is 1. The van der Waals surface area contributed by atoms with Gasteiger partial charge in [-0.05, 0) is 6.42 Å². The van der Waals surface area contributed by atoms with Gasteiger partial charge in [-0.3, -0.25) is 4.79 Å². The zero-order valence-corrected chi connectivity index (χ0v) is 8.17. The molecule has 1 atom stereocenters. The highest BCUT2D eigenvalue weighted by Gasteiger charge is 2.10. The third-order valence-electron chi connectivity index (χ3n) is 0.917. The number of carbonyl (C=O) groups is 1. The Hall–Kier alpha value is -0.560. The smallest absolute Gasteiger partial charge is 0.388 e. The Morgan fingerprint density at radius 2 is 1.79 bits per heavy atom. The largest absolute Gasteiger partial charge is 0.466 e. The molecule has 0 saturated carbocycles. The Bertz CT molecular complexity index is 212. The molecule has 1 unspecified atom stereocenters. The van der Waals surface area contributed by atoms with E-state index in [1.807, 2.05) is 0 Å². The van der Waals surface area contributed by atoms with E-state index in [0.29, 0.717) is 0 Å². The molecule has 5 N–H and O–H groups in total. The Morgan fingerprint density at radius 1 is 1.43 bits per heavy atom. The summed E-state index contributed by atoms with van der Waals surface area (Å²) in [4.78, 5) is 31.9. The van der Waals surface area contributed by atoms with Crippen LogP contribution in [0.4, 0.5) is 0 Å². The van der Waals surface area contributed by atoms with Crippen LogP contribution in [0.15, 0.2) is 12.7 Å². The van der Waals surface area contributed by atoms with Gasteiger partial charge in [0.15, 0.2) is 5.78 Å². The molecule has 0 bridgehead atoms. The molecule has 0 aliphatic rings. The van der Waals surface area contributed by atoms with Gasteiger partial charge in [0.2, 0.25) is 0 Å². The van der Waals surface area contributed by atoms with Crippen molar-refractivity contribution in [2.75, 3.05) is 6.61 Å². The third-order valence-corrected chi connectivity index (χ3v) is 0.917. The number of hydrogen-bond donors (Lipinski definition) is 5. The van der Waals surface area contributed by atoms with E-state index in [1.54, 1.807) is 0 Å². The molecule has 0 fully saturated rings. The van der Waals surface area contributed by atoms with Crippen molar-refractivity contribution in [3.05, 3.63) is 12.7 Å². The third kappa shape index (κ3) is 17.5. The zero-order valence-electron chi connectivity index (χ0n) is 7.28. The van der Waals surface area contributed by atoms with Gasteiger partial charge < -0.3 is 24.9 Å². The molecular weight excluding hydrogens is 215 g/mol. The first-order valence-corrected chi connectivity index (χ1v) is 4.99. The van der Waals surface area contributed by atoms with Crippen LogP contribution in [0.3, 0.4) is 0 Å². The lowest BCUT2D eigenvalue weighted by Gasteiger charge is -2.01. The minimum absolute atomic E-state index is 0.208. The van der Waals surface area contributed by atoms with Crippen molar-refractivity contribution < 1.29 is 34.3 Å². The summed E-state index contributed by atoms with van der Waals surface area (Å²) in [6, 6.07) is 0. The molecule has 84 valence electrons. The molecule has 0 amide bonds. The first-order chi connectivity index (χ1) is 6.22. The van der Waals surface area contributed by atoms with Crippen molar-refractivity contribution in [2.45, 2.75) is 12.5 Å². The summed E-state index contributed by atoms with van der Waals surface area (Å²) < 4.78 is 8.88. The maximum Gasteiger partial charge on any atom is 0.466 e. The van der Waals surface area contributed by atoms with E-state index in [0.717, 1.165) is 0 Å². The molecule has 0 aliphatic heterocycles. The molecule has 0 radical (unpaired) electrons. The number of hydrogen-bond acceptors (Lipinski definition) is 4. The van der Waals surface area contributed by atoms with Crippen LogP contribution in [0.5, 0.6) is 0 Å². The van der Waals surface area contributed by atoms with Crippen molar-refractivity contribution in [2.24, 2.45) is 0 Å². The molecule has 0 aromatic carbocycles. The zero-order chi connectivity index (χ0) is 11.8. The first-order valence-electron chi connectivity index (χ1n) is 3.43. The van der Waals surface area contributed by atoms with Gasteiger partial charge in [-0.25, -0.2) is 4.57 Å². The molecule has 0 aromatic rings. The van der Waals surface area contributed by atoms with E-state index in [9.17, 15) is 4.79 Å². The van der Waals surface area contributed by atoms with Crippen LogP contribution < -0.4 is 0 Å². The predicted molar refractivity (Wildman–Crippen MR) is 47.2 cm³/mol. The van der Waals surface area contributed by atoms with Crippen LogP contribution in [0.25, 0.3) is 0 Å². The minimum Gasteiger partial charge on any atom is -0.388 e. The summed E-state index contributed by atoms with van der Waals surface area (Å²) in [7, 11) is -4.64. The number of aliphatic hydroxyl groups is 2. The van der Waals surface area contributed by atoms with Gasteiger partial charge >= 0.3 is 7.82 Å². The van der Waals surface area contributed by atoms with E-state index in [-0.39, 0.29) is 6.42 Å². The van der Waals surface area contributed by atoms with Crippen LogP contribution >= 0.6 is 7.82 Å². The average molecular weight is 228 g/mol. The molecule has 0 spiro atoms. The van der Waals surface area contributed by atoms with E-state index >= 15 is 0 Å². The topological polar surface area (TPSA) is 135 Å². The molecule has 0 rings (SSSR count). The molecule has 7 nitrogen and oxygen atoms in total. The molecule has 0 heterocycles. The highest BCUT2D eigenvalue weighted by Crippen LogP contribution is 2.25. The maximum absolute atomic E-state index is 10.4. The Kier molecular flexibility index (Phi) is 8.86. The van der Waals surface area contributed by atoms with Crippen LogP contribution in [-0.4, -0.2) is 43.4 Å². The highest BCUT2D eigenvalue weighted by molar-refractivity contribution is 7.45. The quantitative estimate of drug-likeness (QED) is 0.293. The minimum atomic E-state index is -4.64. The fourth-order valence-corrected chi connectivity index (χ4v) is 0.395. The highest BCUT2D eigenvalue weighted by atomic mass is 31.2. The van der Waals surface area contributed by atoms with Gasteiger partial charge in [0, 0.05) is 0 Å². The van der Waals surface area contributed by atoms with Crippen molar-refractivity contribution in [1.82, 2.24) is 0 Å². The number of carbonyl (C=O) groups excluding carboxylic acids is 1. The monoisotopic (exact) mass is 228 g/mol. The van der Waals surface area contributed by atoms with Gasteiger partial charge in [-0.2, -0.15) is 0 Å². The van der Waals surface area contributed by atoms with Gasteiger partial charge in [0.05, 0.1) is 0 Å². The van der Waals surface area contributed by atoms with Crippen LogP contribution in [-0.2, 0) is 9.36 Å². The second-order valence-corrected chi connectivity index (χ2v) is 3.20. The number of aliphatic hydroxyl groups excluding tert-OH is 2. The van der Waals surface area contributed by atoms with E-state index in [2.05, 4.69) is 6.58 Å². The fraction of sp³-hybridized carbons (Fsp3) is 0.500. The molecule has 14 heavy (non-hydrogen) atoms. The average Bonchev–Trinajstić information content (AvgIpc) is 2.00. The Labute approximate surface area is 80.6 Å². The number of rotatable bonds is 4. The van der Waals surface area contributed by atoms with E-state index in [1.165, 1.54) is 6.08 Å². The number of Topliss-reactive ketones (excluding diaryl/α,β-unsaturated/α-hetero) is 1. The molecule has 0 saturated heterocycles. The van der Waals surface area contributed by atoms with Gasteiger partial charge in [-0.15, -0.1) is 6.58 Å². The van der Waals surface area contributed by atoms with Gasteiger partial charge in [0.25, 0.3) is 0 Å². The van der Waals surface area contributed by atoms with Crippen molar-refractivity contribution in [3.8, 4) is 0 Å². The standard InChI is InChI=1S/C6H10O3.H3O4P/c1-2-3-5(8)6(9)4-7;1-5(2,3)4/h2,5,7-8H,1,3-4H2;(H3,1,2,3,4). The Morgan fingerprint density at radius 3 is 2.00 bits per heavy atom. The van der Waals surface area contributed by atoms with Crippen molar-refractivity contribution in [1.29, 1.82) is 0 Å². The van der Waals surface area contributed by atoms with Gasteiger partial charge in [0.1, 0.15) is 12.7 Å². The normalized spacial score (nSPS) is 12.4. The van der Waals surface area contributed by atoms with Crippen molar-refractivity contribution >= 4 is 13.6 Å². The lowest BCUT2D eigenvalue weighted by molar-refractivity contribution is -0.129. The SMILES string of the molecule is C=CCC(O)C(=O)CO.O=P(O)(O)O. The summed E-state index contributed by atoms with van der Waals surface area (Å²) in [5, 5.41) is 16.9. The Balaban J connectivity index is 0. The maximum atomic E-state index is 10.4. The lowest BCUT2D eigenvalue weighted by atomic mass is 10.2. The summed E-state index contributed by atoms with van der Waals surface area (Å²) in [5.41, 5.74) is 0. The number of phosphoric acid groups is 1. The van der Waals surface area contributed by atoms with Crippen molar-refractivity contribution in [3.63, 3.8) is 0 Å². The van der Waals surface area contributed by atoms with Gasteiger partial charge in [-0.1, -0.05) is 6.08 Å². The summed E-state index contributed by atoms with van der Waals surface area (Å²) >= 11 is 0. The first kappa shape index (κ1) is 15.9. The van der Waals surface area contributed by atoms with Crippen LogP contribution in [0, 0.1) is 0 Å². The molecule has 0 aromatic heterocycles. The predicted octanol–water partition coefficient (Wildman–Crippen LogP) is -1.44. The summed E-state index contributed by atoms with van der Waals surface area (Å²) in [6.45, 7) is 2.72. The molecule has 0 aliphatic carbocycles. The van der Waals surface area contributed by atoms with E-state index < -0.39 is 26.3 Å². The second-order valence-electron chi connectivity index (χ2n) is 2.18. The fourth-order valence-electron chi connectivity index (χ4n) is 0.395. The second kappa shape index (κ2) is 7.81. The van der Waals surface area contributed by atoms with Crippen LogP contribution in [0.1, 0.15) is 6.42 Å². The van der Waals surface area contributed by atoms with Crippen LogP contribution in [0.2, 0.25) is 0 Å². The molecular formula is C6H13O7P. The summed E-state index contributed by atoms with van der Waals surface area (Å²) in [6.07, 6.45) is 0.560. The molecule has 8 heteroatoms. The van der Waals surface area contributed by atoms with E-state index in [4.69, 9.17) is 29.5 Å². The lowest BCUT2D eigenvalue weighted by Crippen LogP contribution is -2.22.